The molecule has 1 heterocycles. The highest BCUT2D eigenvalue weighted by Crippen LogP contribution is 2.29. The van der Waals surface area contributed by atoms with Crippen molar-refractivity contribution in [3.8, 4) is 5.75 Å². The van der Waals surface area contributed by atoms with Crippen molar-refractivity contribution in [1.29, 1.82) is 0 Å². The van der Waals surface area contributed by atoms with E-state index in [1.165, 1.54) is 10.4 Å². The summed E-state index contributed by atoms with van der Waals surface area (Å²) < 4.78 is 6.04. The molecular formula is C16H20ClNOS. The van der Waals surface area contributed by atoms with E-state index in [-0.39, 0.29) is 0 Å². The minimum absolute atomic E-state index is 0.320. The fourth-order valence-corrected chi connectivity index (χ4v) is 3.24. The lowest BCUT2D eigenvalue weighted by atomic mass is 10.0. The van der Waals surface area contributed by atoms with E-state index < -0.39 is 0 Å². The van der Waals surface area contributed by atoms with Crippen LogP contribution in [0.4, 0.5) is 0 Å². The average Bonchev–Trinajstić information content (AvgIpc) is 2.90. The number of ether oxygens (including phenoxy) is 1. The van der Waals surface area contributed by atoms with Gasteiger partial charge in [-0.1, -0.05) is 30.7 Å². The third kappa shape index (κ3) is 4.23. The van der Waals surface area contributed by atoms with Crippen LogP contribution in [0.1, 0.15) is 29.8 Å². The molecule has 20 heavy (non-hydrogen) atoms. The summed E-state index contributed by atoms with van der Waals surface area (Å²) in [5.74, 6) is 0.894. The Bertz CT molecular complexity index is 524. The Morgan fingerprint density at radius 1 is 1.20 bits per heavy atom. The van der Waals surface area contributed by atoms with E-state index in [4.69, 9.17) is 16.3 Å². The zero-order chi connectivity index (χ0) is 14.4. The molecule has 0 aliphatic heterocycles. The van der Waals surface area contributed by atoms with Crippen molar-refractivity contribution in [2.75, 3.05) is 13.7 Å². The second kappa shape index (κ2) is 7.67. The number of rotatable bonds is 7. The van der Waals surface area contributed by atoms with Crippen LogP contribution in [0, 0.1) is 0 Å². The van der Waals surface area contributed by atoms with Crippen molar-refractivity contribution < 1.29 is 4.74 Å². The second-order valence-corrected chi connectivity index (χ2v) is 6.45. The van der Waals surface area contributed by atoms with Gasteiger partial charge < -0.3 is 10.1 Å². The van der Waals surface area contributed by atoms with Crippen LogP contribution in [0.15, 0.2) is 36.4 Å². The van der Waals surface area contributed by atoms with Gasteiger partial charge in [0.05, 0.1) is 11.4 Å². The minimum Gasteiger partial charge on any atom is -0.497 e. The molecule has 1 unspecified atom stereocenters. The van der Waals surface area contributed by atoms with Gasteiger partial charge in [-0.25, -0.2) is 0 Å². The van der Waals surface area contributed by atoms with Crippen molar-refractivity contribution in [2.24, 2.45) is 0 Å². The van der Waals surface area contributed by atoms with Crippen LogP contribution in [-0.4, -0.2) is 13.7 Å². The van der Waals surface area contributed by atoms with Crippen LogP contribution in [-0.2, 0) is 6.42 Å². The molecule has 0 fully saturated rings. The van der Waals surface area contributed by atoms with E-state index >= 15 is 0 Å². The Morgan fingerprint density at radius 2 is 1.95 bits per heavy atom. The Labute approximate surface area is 129 Å². The van der Waals surface area contributed by atoms with Gasteiger partial charge in [0.25, 0.3) is 0 Å². The zero-order valence-corrected chi connectivity index (χ0v) is 13.4. The van der Waals surface area contributed by atoms with Crippen LogP contribution in [0.5, 0.6) is 5.75 Å². The highest BCUT2D eigenvalue weighted by atomic mass is 35.5. The highest BCUT2D eigenvalue weighted by molar-refractivity contribution is 7.16. The van der Waals surface area contributed by atoms with Crippen LogP contribution in [0.3, 0.4) is 0 Å². The van der Waals surface area contributed by atoms with E-state index in [9.17, 15) is 0 Å². The van der Waals surface area contributed by atoms with Gasteiger partial charge in [0.15, 0.2) is 0 Å². The molecule has 0 radical (unpaired) electrons. The molecule has 1 aromatic heterocycles. The number of methoxy groups -OCH3 is 1. The van der Waals surface area contributed by atoms with Gasteiger partial charge in [-0.05, 0) is 49.2 Å². The lowest BCUT2D eigenvalue weighted by Crippen LogP contribution is -2.23. The van der Waals surface area contributed by atoms with Crippen molar-refractivity contribution in [3.05, 3.63) is 51.2 Å². The average molecular weight is 310 g/mol. The molecule has 2 rings (SSSR count). The van der Waals surface area contributed by atoms with Gasteiger partial charge in [0.1, 0.15) is 5.75 Å². The fraction of sp³-hybridized carbons (Fsp3) is 0.375. The molecule has 1 aromatic carbocycles. The monoisotopic (exact) mass is 309 g/mol. The molecule has 2 aromatic rings. The maximum absolute atomic E-state index is 6.06. The summed E-state index contributed by atoms with van der Waals surface area (Å²) in [4.78, 5) is 1.29. The Kier molecular flexibility index (Phi) is 5.89. The maximum atomic E-state index is 6.06. The summed E-state index contributed by atoms with van der Waals surface area (Å²) >= 11 is 7.71. The first-order valence-electron chi connectivity index (χ1n) is 6.84. The number of nitrogens with one attached hydrogen (secondary N) is 1. The summed E-state index contributed by atoms with van der Waals surface area (Å²) in [5, 5.41) is 3.60. The van der Waals surface area contributed by atoms with Crippen LogP contribution < -0.4 is 10.1 Å². The molecule has 0 saturated carbocycles. The predicted molar refractivity (Wildman–Crippen MR) is 87.1 cm³/mol. The third-order valence-corrected chi connectivity index (χ3v) is 4.52. The second-order valence-electron chi connectivity index (χ2n) is 4.70. The molecule has 0 saturated heterocycles. The minimum atomic E-state index is 0.320. The van der Waals surface area contributed by atoms with Crippen molar-refractivity contribution in [1.82, 2.24) is 5.32 Å². The maximum Gasteiger partial charge on any atom is 0.118 e. The summed E-state index contributed by atoms with van der Waals surface area (Å²) in [6.07, 6.45) is 2.08. The van der Waals surface area contributed by atoms with Gasteiger partial charge in [0, 0.05) is 10.9 Å². The zero-order valence-electron chi connectivity index (χ0n) is 11.9. The number of thiophene rings is 1. The standard InChI is InChI=1S/C16H20ClNOS/c1-3-10-18-14(15-8-9-16(17)20-15)11-12-4-6-13(19-2)7-5-12/h4-9,14,18H,3,10-11H2,1-2H3. The van der Waals surface area contributed by atoms with Gasteiger partial charge in [-0.15, -0.1) is 11.3 Å². The fourth-order valence-electron chi connectivity index (χ4n) is 2.10. The molecular weight excluding hydrogens is 290 g/mol. The first-order valence-corrected chi connectivity index (χ1v) is 8.04. The first kappa shape index (κ1) is 15.4. The van der Waals surface area contributed by atoms with E-state index in [0.717, 1.165) is 29.5 Å². The van der Waals surface area contributed by atoms with Crippen LogP contribution in [0.25, 0.3) is 0 Å². The van der Waals surface area contributed by atoms with Crippen LogP contribution in [0.2, 0.25) is 4.34 Å². The largest absolute Gasteiger partial charge is 0.497 e. The topological polar surface area (TPSA) is 21.3 Å². The normalized spacial score (nSPS) is 12.3. The summed E-state index contributed by atoms with van der Waals surface area (Å²) in [6.45, 7) is 3.19. The van der Waals surface area contributed by atoms with Gasteiger partial charge >= 0.3 is 0 Å². The molecule has 108 valence electrons. The number of hydrogen-bond acceptors (Lipinski definition) is 3. The van der Waals surface area contributed by atoms with E-state index in [0.29, 0.717) is 6.04 Å². The van der Waals surface area contributed by atoms with E-state index in [1.54, 1.807) is 18.4 Å². The molecule has 0 aliphatic carbocycles. The Morgan fingerprint density at radius 3 is 2.50 bits per heavy atom. The molecule has 0 bridgehead atoms. The quantitative estimate of drug-likeness (QED) is 0.801. The molecule has 2 nitrogen and oxygen atoms in total. The highest BCUT2D eigenvalue weighted by Gasteiger charge is 2.13. The molecule has 0 spiro atoms. The molecule has 1 atom stereocenters. The van der Waals surface area contributed by atoms with Crippen molar-refractivity contribution in [3.63, 3.8) is 0 Å². The SMILES string of the molecule is CCCNC(Cc1ccc(OC)cc1)c1ccc(Cl)s1. The van der Waals surface area contributed by atoms with Gasteiger partial charge in [-0.3, -0.25) is 0 Å². The Balaban J connectivity index is 2.10. The van der Waals surface area contributed by atoms with Gasteiger partial charge in [0.2, 0.25) is 0 Å². The number of hydrogen-bond donors (Lipinski definition) is 1. The lowest BCUT2D eigenvalue weighted by Gasteiger charge is -2.17. The number of halogens is 1. The van der Waals surface area contributed by atoms with Gasteiger partial charge in [-0.2, -0.15) is 0 Å². The lowest BCUT2D eigenvalue weighted by molar-refractivity contribution is 0.414. The molecule has 0 amide bonds. The molecule has 1 N–H and O–H groups in total. The Hall–Kier alpha value is -1.03. The molecule has 0 aliphatic rings. The van der Waals surface area contributed by atoms with Crippen molar-refractivity contribution >= 4 is 22.9 Å². The van der Waals surface area contributed by atoms with E-state index in [2.05, 4.69) is 30.4 Å². The van der Waals surface area contributed by atoms with Crippen molar-refractivity contribution in [2.45, 2.75) is 25.8 Å². The third-order valence-electron chi connectivity index (χ3n) is 3.18. The van der Waals surface area contributed by atoms with Crippen LogP contribution >= 0.6 is 22.9 Å². The summed E-state index contributed by atoms with van der Waals surface area (Å²) in [6, 6.07) is 12.7. The first-order chi connectivity index (χ1) is 9.72. The summed E-state index contributed by atoms with van der Waals surface area (Å²) in [7, 11) is 1.69. The molecule has 4 heteroatoms. The predicted octanol–water partition coefficient (Wildman–Crippen LogP) is 4.69. The number of benzene rings is 1. The summed E-state index contributed by atoms with van der Waals surface area (Å²) in [5.41, 5.74) is 1.30. The smallest absolute Gasteiger partial charge is 0.118 e. The van der Waals surface area contributed by atoms with E-state index in [1.807, 2.05) is 18.2 Å².